The number of urea groups is 1. The molecule has 1 N–H and O–H groups in total. The van der Waals surface area contributed by atoms with Gasteiger partial charge < -0.3 is 10.2 Å². The average molecular weight is 344 g/mol. The first kappa shape index (κ1) is 16.9. The molecule has 2 aromatic rings. The van der Waals surface area contributed by atoms with E-state index in [0.29, 0.717) is 6.54 Å². The molecule has 1 unspecified atom stereocenters. The molecule has 1 atom stereocenters. The normalized spacial score (nSPS) is 17.8. The summed E-state index contributed by atoms with van der Waals surface area (Å²) in [5.74, 6) is 1.93. The van der Waals surface area contributed by atoms with Crippen molar-refractivity contribution < 1.29 is 4.79 Å². The van der Waals surface area contributed by atoms with E-state index in [1.54, 1.807) is 0 Å². The Morgan fingerprint density at radius 1 is 1.33 bits per heavy atom. The quantitative estimate of drug-likeness (QED) is 0.931. The lowest BCUT2D eigenvalue weighted by Crippen LogP contribution is -2.46. The summed E-state index contributed by atoms with van der Waals surface area (Å²) < 4.78 is 1.83. The maximum atomic E-state index is 12.7. The van der Waals surface area contributed by atoms with Crippen molar-refractivity contribution in [1.82, 2.24) is 20.0 Å². The summed E-state index contributed by atoms with van der Waals surface area (Å²) in [6.45, 7) is 5.39. The van der Waals surface area contributed by atoms with Crippen molar-refractivity contribution in [3.8, 4) is 0 Å². The number of aryl methyl sites for hydroxylation is 2. The highest BCUT2D eigenvalue weighted by Crippen LogP contribution is 2.29. The van der Waals surface area contributed by atoms with Gasteiger partial charge in [-0.15, -0.1) is 0 Å². The van der Waals surface area contributed by atoms with Crippen LogP contribution in [0.15, 0.2) is 30.5 Å². The summed E-state index contributed by atoms with van der Waals surface area (Å²) in [7, 11) is 1.91. The molecular formula is C18H24N4OS. The Balaban J connectivity index is 1.69. The number of aromatic nitrogens is 2. The van der Waals surface area contributed by atoms with Gasteiger partial charge in [-0.25, -0.2) is 4.79 Å². The zero-order valence-electron chi connectivity index (χ0n) is 14.5. The summed E-state index contributed by atoms with van der Waals surface area (Å²) in [4.78, 5) is 14.7. The van der Waals surface area contributed by atoms with Gasteiger partial charge in [0.1, 0.15) is 0 Å². The number of nitrogens with zero attached hydrogens (tertiary/aromatic N) is 3. The molecule has 128 valence electrons. The number of hydrogen-bond donors (Lipinski definition) is 1. The second-order valence-electron chi connectivity index (χ2n) is 6.23. The maximum Gasteiger partial charge on any atom is 0.318 e. The SMILES string of the molecule is Cc1ccc(C2CSCCN2C(=O)NCc2cnn(C)c2C)cc1. The van der Waals surface area contributed by atoms with Crippen LogP contribution in [-0.4, -0.2) is 38.8 Å². The van der Waals surface area contributed by atoms with Gasteiger partial charge in [0.15, 0.2) is 0 Å². The van der Waals surface area contributed by atoms with Crippen LogP contribution < -0.4 is 5.32 Å². The number of amides is 2. The fraction of sp³-hybridized carbons (Fsp3) is 0.444. The van der Waals surface area contributed by atoms with Crippen molar-refractivity contribution in [3.63, 3.8) is 0 Å². The number of nitrogens with one attached hydrogen (secondary N) is 1. The van der Waals surface area contributed by atoms with E-state index in [-0.39, 0.29) is 12.1 Å². The highest BCUT2D eigenvalue weighted by Gasteiger charge is 2.28. The summed E-state index contributed by atoms with van der Waals surface area (Å²) in [6, 6.07) is 8.64. The van der Waals surface area contributed by atoms with Gasteiger partial charge >= 0.3 is 6.03 Å². The molecule has 1 aliphatic rings. The van der Waals surface area contributed by atoms with Crippen molar-refractivity contribution >= 4 is 17.8 Å². The zero-order valence-corrected chi connectivity index (χ0v) is 15.3. The van der Waals surface area contributed by atoms with Crippen LogP contribution >= 0.6 is 11.8 Å². The molecule has 0 spiro atoms. The molecule has 1 aromatic heterocycles. The van der Waals surface area contributed by atoms with E-state index < -0.39 is 0 Å². The summed E-state index contributed by atoms with van der Waals surface area (Å²) in [5, 5.41) is 7.28. The maximum absolute atomic E-state index is 12.7. The lowest BCUT2D eigenvalue weighted by molar-refractivity contribution is 0.182. The van der Waals surface area contributed by atoms with E-state index >= 15 is 0 Å². The molecule has 6 heteroatoms. The minimum Gasteiger partial charge on any atom is -0.334 e. The van der Waals surface area contributed by atoms with Crippen LogP contribution in [0.25, 0.3) is 0 Å². The molecule has 0 aliphatic carbocycles. The average Bonchev–Trinajstić information content (AvgIpc) is 2.92. The summed E-state index contributed by atoms with van der Waals surface area (Å²) in [6.07, 6.45) is 1.82. The van der Waals surface area contributed by atoms with Crippen molar-refractivity contribution in [1.29, 1.82) is 0 Å². The van der Waals surface area contributed by atoms with Gasteiger partial charge in [-0.2, -0.15) is 16.9 Å². The van der Waals surface area contributed by atoms with Crippen molar-refractivity contribution in [2.45, 2.75) is 26.4 Å². The van der Waals surface area contributed by atoms with Crippen LogP contribution in [0.2, 0.25) is 0 Å². The van der Waals surface area contributed by atoms with Crippen molar-refractivity contribution in [2.75, 3.05) is 18.1 Å². The smallest absolute Gasteiger partial charge is 0.318 e. The molecule has 24 heavy (non-hydrogen) atoms. The number of rotatable bonds is 3. The molecule has 1 fully saturated rings. The van der Waals surface area contributed by atoms with Gasteiger partial charge in [-0.3, -0.25) is 4.68 Å². The van der Waals surface area contributed by atoms with Crippen LogP contribution in [0, 0.1) is 13.8 Å². The molecule has 0 saturated carbocycles. The van der Waals surface area contributed by atoms with Gasteiger partial charge in [-0.05, 0) is 19.4 Å². The first-order valence-electron chi connectivity index (χ1n) is 8.22. The van der Waals surface area contributed by atoms with Crippen LogP contribution in [-0.2, 0) is 13.6 Å². The van der Waals surface area contributed by atoms with E-state index in [1.165, 1.54) is 11.1 Å². The fourth-order valence-corrected chi connectivity index (χ4v) is 3.99. The Morgan fingerprint density at radius 3 is 2.75 bits per heavy atom. The zero-order chi connectivity index (χ0) is 17.1. The van der Waals surface area contributed by atoms with E-state index in [9.17, 15) is 4.79 Å². The largest absolute Gasteiger partial charge is 0.334 e. The lowest BCUT2D eigenvalue weighted by atomic mass is 10.1. The molecule has 1 saturated heterocycles. The van der Waals surface area contributed by atoms with Gasteiger partial charge in [0.05, 0.1) is 12.2 Å². The summed E-state index contributed by atoms with van der Waals surface area (Å²) >= 11 is 1.91. The number of benzene rings is 1. The first-order chi connectivity index (χ1) is 11.6. The predicted octanol–water partition coefficient (Wildman–Crippen LogP) is 3.04. The van der Waals surface area contributed by atoms with Crippen molar-refractivity contribution in [3.05, 3.63) is 52.8 Å². The minimum absolute atomic E-state index is 0.00382. The minimum atomic E-state index is 0.00382. The number of hydrogen-bond acceptors (Lipinski definition) is 3. The lowest BCUT2D eigenvalue weighted by Gasteiger charge is -2.35. The third-order valence-electron chi connectivity index (χ3n) is 4.62. The first-order valence-corrected chi connectivity index (χ1v) is 9.38. The molecule has 1 aromatic carbocycles. The Bertz CT molecular complexity index is 710. The molecule has 0 radical (unpaired) electrons. The number of carbonyl (C=O) groups is 1. The highest BCUT2D eigenvalue weighted by atomic mass is 32.2. The Kier molecular flexibility index (Phi) is 5.14. The third kappa shape index (κ3) is 3.59. The Labute approximate surface area is 147 Å². The number of thioether (sulfide) groups is 1. The Morgan fingerprint density at radius 2 is 2.08 bits per heavy atom. The monoisotopic (exact) mass is 344 g/mol. The van der Waals surface area contributed by atoms with Gasteiger partial charge in [0.2, 0.25) is 0 Å². The molecule has 2 amide bonds. The predicted molar refractivity (Wildman–Crippen MR) is 98.1 cm³/mol. The van der Waals surface area contributed by atoms with Crippen LogP contribution in [0.1, 0.15) is 28.4 Å². The molecule has 5 nitrogen and oxygen atoms in total. The standard InChI is InChI=1S/C18H24N4OS/c1-13-4-6-15(7-5-13)17-12-24-9-8-22(17)18(23)19-10-16-11-20-21(3)14(16)2/h4-7,11,17H,8-10,12H2,1-3H3,(H,19,23). The van der Waals surface area contributed by atoms with Crippen molar-refractivity contribution in [2.24, 2.45) is 7.05 Å². The van der Waals surface area contributed by atoms with E-state index in [1.807, 2.05) is 41.5 Å². The Hall–Kier alpha value is -1.95. The van der Waals surface area contributed by atoms with Gasteiger partial charge in [0, 0.05) is 42.9 Å². The van der Waals surface area contributed by atoms with Crippen LogP contribution in [0.3, 0.4) is 0 Å². The second kappa shape index (κ2) is 7.30. The third-order valence-corrected chi connectivity index (χ3v) is 5.64. The van der Waals surface area contributed by atoms with Gasteiger partial charge in [0.25, 0.3) is 0 Å². The van der Waals surface area contributed by atoms with Crippen LogP contribution in [0.5, 0.6) is 0 Å². The molecule has 1 aliphatic heterocycles. The summed E-state index contributed by atoms with van der Waals surface area (Å²) in [5.41, 5.74) is 4.59. The van der Waals surface area contributed by atoms with E-state index in [0.717, 1.165) is 29.3 Å². The number of carbonyl (C=O) groups excluding carboxylic acids is 1. The molecule has 3 rings (SSSR count). The van der Waals surface area contributed by atoms with E-state index in [2.05, 4.69) is 41.6 Å². The van der Waals surface area contributed by atoms with Crippen LogP contribution in [0.4, 0.5) is 4.79 Å². The van der Waals surface area contributed by atoms with Gasteiger partial charge in [-0.1, -0.05) is 29.8 Å². The molecule has 0 bridgehead atoms. The fourth-order valence-electron chi connectivity index (χ4n) is 2.90. The molecule has 2 heterocycles. The second-order valence-corrected chi connectivity index (χ2v) is 7.38. The van der Waals surface area contributed by atoms with E-state index in [4.69, 9.17) is 0 Å². The topological polar surface area (TPSA) is 50.2 Å². The molecular weight excluding hydrogens is 320 g/mol. The highest BCUT2D eigenvalue weighted by molar-refractivity contribution is 7.99.